The first-order valence-electron chi connectivity index (χ1n) is 10.2. The first-order chi connectivity index (χ1) is 16.4. The molecule has 12 nitrogen and oxygen atoms in total. The molecule has 170 valence electrons. The summed E-state index contributed by atoms with van der Waals surface area (Å²) in [4.78, 5) is 26.4. The summed E-state index contributed by atoms with van der Waals surface area (Å²) in [5.74, 6) is -0.790. The first-order valence-corrected chi connectivity index (χ1v) is 10.2. The van der Waals surface area contributed by atoms with Crippen molar-refractivity contribution in [2.45, 2.75) is 12.8 Å². The van der Waals surface area contributed by atoms with Crippen molar-refractivity contribution in [2.75, 3.05) is 10.6 Å². The summed E-state index contributed by atoms with van der Waals surface area (Å²) < 4.78 is 4.64. The number of aromatic nitrogens is 5. The van der Waals surface area contributed by atoms with E-state index in [9.17, 15) is 20.0 Å². The Bertz CT molecular complexity index is 1460. The van der Waals surface area contributed by atoms with Crippen LogP contribution >= 0.6 is 0 Å². The molecule has 1 aliphatic rings. The van der Waals surface area contributed by atoms with Crippen LogP contribution in [0.1, 0.15) is 21.7 Å². The van der Waals surface area contributed by atoms with Gasteiger partial charge in [-0.1, -0.05) is 18.7 Å². The molecule has 2 amide bonds. The van der Waals surface area contributed by atoms with Gasteiger partial charge in [-0.15, -0.1) is 4.85 Å². The van der Waals surface area contributed by atoms with E-state index in [-0.39, 0.29) is 22.9 Å². The summed E-state index contributed by atoms with van der Waals surface area (Å²) in [6.45, 7) is 3.40. The number of fused-ring (bicyclic) bond motifs is 3. The van der Waals surface area contributed by atoms with Crippen LogP contribution < -0.4 is 20.4 Å². The predicted octanol–water partition coefficient (Wildman–Crippen LogP) is 1.27. The lowest BCUT2D eigenvalue weighted by atomic mass is 10.0. The Hall–Kier alpha value is -5.00. The minimum absolute atomic E-state index is 0.233. The van der Waals surface area contributed by atoms with Crippen LogP contribution in [-0.4, -0.2) is 26.9 Å². The molecule has 0 spiro atoms. The van der Waals surface area contributed by atoms with E-state index in [4.69, 9.17) is 0 Å². The van der Waals surface area contributed by atoms with Gasteiger partial charge < -0.3 is 21.0 Å². The van der Waals surface area contributed by atoms with Crippen LogP contribution in [0.25, 0.3) is 17.1 Å². The molecule has 2 N–H and O–H groups in total. The molecule has 0 unspecified atom stereocenters. The molecule has 0 radical (unpaired) electrons. The molecule has 2 aromatic carbocycles. The molecule has 0 saturated carbocycles. The molecule has 12 heteroatoms. The number of hydrogen-bond acceptors (Lipinski definition) is 7. The Morgan fingerprint density at radius 2 is 1.76 bits per heavy atom. The maximum absolute atomic E-state index is 12.9. The van der Waals surface area contributed by atoms with Crippen molar-refractivity contribution in [3.05, 3.63) is 88.6 Å². The molecule has 34 heavy (non-hydrogen) atoms. The molecular formula is C22H17N7O5. The van der Waals surface area contributed by atoms with E-state index in [1.807, 2.05) is 0 Å². The van der Waals surface area contributed by atoms with E-state index in [1.54, 1.807) is 42.5 Å². The maximum atomic E-state index is 12.9. The number of nitrogens with zero attached hydrogens (tertiary/aromatic N) is 5. The second-order valence-corrected chi connectivity index (χ2v) is 7.46. The Morgan fingerprint density at radius 3 is 2.56 bits per heavy atom. The Morgan fingerprint density at radius 1 is 1.03 bits per heavy atom. The number of anilines is 2. The number of benzene rings is 2. The van der Waals surface area contributed by atoms with E-state index < -0.39 is 5.91 Å². The lowest BCUT2D eigenvalue weighted by Crippen LogP contribution is -2.41. The van der Waals surface area contributed by atoms with Crippen molar-refractivity contribution in [2.24, 2.45) is 0 Å². The summed E-state index contributed by atoms with van der Waals surface area (Å²) in [6.07, 6.45) is 1.75. The van der Waals surface area contributed by atoms with Gasteiger partial charge in [0.15, 0.2) is 5.69 Å². The fourth-order valence-electron chi connectivity index (χ4n) is 3.69. The van der Waals surface area contributed by atoms with E-state index >= 15 is 0 Å². The average Bonchev–Trinajstić information content (AvgIpc) is 3.39. The number of amides is 2. The maximum Gasteiger partial charge on any atom is 0.303 e. The fourth-order valence-corrected chi connectivity index (χ4v) is 3.69. The van der Waals surface area contributed by atoms with Gasteiger partial charge in [0.25, 0.3) is 5.91 Å². The normalized spacial score (nSPS) is 11.9. The lowest BCUT2D eigenvalue weighted by molar-refractivity contribution is -0.808. The third kappa shape index (κ3) is 3.62. The van der Waals surface area contributed by atoms with Gasteiger partial charge in [0.05, 0.1) is 10.3 Å². The van der Waals surface area contributed by atoms with E-state index in [2.05, 4.69) is 32.1 Å². The minimum Gasteiger partial charge on any atom is -0.692 e. The summed E-state index contributed by atoms with van der Waals surface area (Å²) in [6, 6.07) is 13.0. The van der Waals surface area contributed by atoms with Crippen molar-refractivity contribution in [1.29, 1.82) is 0 Å². The van der Waals surface area contributed by atoms with Gasteiger partial charge >= 0.3 is 11.4 Å². The zero-order valence-electron chi connectivity index (χ0n) is 17.6. The van der Waals surface area contributed by atoms with Gasteiger partial charge in [0.1, 0.15) is 5.69 Å². The predicted molar refractivity (Wildman–Crippen MR) is 118 cm³/mol. The van der Waals surface area contributed by atoms with Gasteiger partial charge in [-0.25, -0.2) is 0 Å². The van der Waals surface area contributed by atoms with Crippen LogP contribution in [0, 0.1) is 10.4 Å². The first kappa shape index (κ1) is 20.9. The highest BCUT2D eigenvalue weighted by atomic mass is 16.8. The third-order valence-corrected chi connectivity index (χ3v) is 5.31. The molecule has 0 saturated heterocycles. The highest BCUT2D eigenvalue weighted by Crippen LogP contribution is 2.27. The van der Waals surface area contributed by atoms with Crippen LogP contribution in [0.15, 0.2) is 65.8 Å². The molecule has 0 aliphatic heterocycles. The number of hydrogen-bond donors (Lipinski definition) is 2. The van der Waals surface area contributed by atoms with Crippen molar-refractivity contribution in [3.63, 3.8) is 0 Å². The fraction of sp³-hybridized carbons (Fsp3) is 0.0909. The lowest BCUT2D eigenvalue weighted by Gasteiger charge is -2.10. The standard InChI is InChI=1S/C22H17N7O5/c1-2-19(30)23-14-6-4-7-15(12-14)24-22(31)13-5-3-8-16(11-13)27-25-20-17(28(27)32)9-10-18-21(20)26-34-29(18)33/h2-8,11-12H,1,9-10H2,(H,23,30)(H,24,31). The van der Waals surface area contributed by atoms with Crippen molar-refractivity contribution in [3.8, 4) is 17.1 Å². The Kier molecular flexibility index (Phi) is 5.01. The molecule has 0 atom stereocenters. The van der Waals surface area contributed by atoms with Crippen LogP contribution in [0.2, 0.25) is 0 Å². The summed E-state index contributed by atoms with van der Waals surface area (Å²) in [5.41, 5.74) is 2.77. The number of nitrogens with one attached hydrogen (secondary N) is 2. The zero-order valence-corrected chi connectivity index (χ0v) is 17.6. The molecule has 2 heterocycles. The quantitative estimate of drug-likeness (QED) is 0.259. The summed E-state index contributed by atoms with van der Waals surface area (Å²) >= 11 is 0. The topological polar surface area (TPSA) is 156 Å². The molecule has 4 aromatic rings. The van der Waals surface area contributed by atoms with Crippen LogP contribution in [0.5, 0.6) is 0 Å². The van der Waals surface area contributed by atoms with Gasteiger partial charge in [-0.2, -0.15) is 0 Å². The van der Waals surface area contributed by atoms with Crippen LogP contribution in [0.3, 0.4) is 0 Å². The second kappa shape index (κ2) is 8.16. The van der Waals surface area contributed by atoms with E-state index in [1.165, 1.54) is 6.07 Å². The highest BCUT2D eigenvalue weighted by Gasteiger charge is 2.39. The number of rotatable bonds is 5. The van der Waals surface area contributed by atoms with Gasteiger partial charge in [0.2, 0.25) is 11.6 Å². The molecule has 0 fully saturated rings. The smallest absolute Gasteiger partial charge is 0.303 e. The summed E-state index contributed by atoms with van der Waals surface area (Å²) in [5, 5.41) is 38.0. The second-order valence-electron chi connectivity index (χ2n) is 7.46. The molecule has 1 aliphatic carbocycles. The average molecular weight is 459 g/mol. The molecule has 5 rings (SSSR count). The number of carbonyl (C=O) groups excluding carboxylic acids is 2. The number of carbonyl (C=O) groups is 2. The minimum atomic E-state index is -0.422. The van der Waals surface area contributed by atoms with E-state index in [0.29, 0.717) is 51.0 Å². The molecule has 0 bridgehead atoms. The zero-order chi connectivity index (χ0) is 23.8. The van der Waals surface area contributed by atoms with Crippen molar-refractivity contribution >= 4 is 23.2 Å². The molecular weight excluding hydrogens is 442 g/mol. The van der Waals surface area contributed by atoms with Gasteiger partial charge in [0, 0.05) is 29.8 Å². The van der Waals surface area contributed by atoms with Crippen molar-refractivity contribution in [1.82, 2.24) is 15.1 Å². The van der Waals surface area contributed by atoms with Crippen LogP contribution in [-0.2, 0) is 17.6 Å². The largest absolute Gasteiger partial charge is 0.692 e. The third-order valence-electron chi connectivity index (χ3n) is 5.31. The van der Waals surface area contributed by atoms with Crippen LogP contribution in [0.4, 0.5) is 11.4 Å². The van der Waals surface area contributed by atoms with Crippen molar-refractivity contribution < 1.29 is 24.0 Å². The van der Waals surface area contributed by atoms with Gasteiger partial charge in [-0.05, 0) is 52.2 Å². The van der Waals surface area contributed by atoms with E-state index in [0.717, 1.165) is 10.9 Å². The monoisotopic (exact) mass is 459 g/mol. The van der Waals surface area contributed by atoms with Gasteiger partial charge in [-0.3, -0.25) is 14.2 Å². The highest BCUT2D eigenvalue weighted by molar-refractivity contribution is 6.05. The Labute approximate surface area is 191 Å². The molecule has 2 aromatic heterocycles. The SMILES string of the molecule is C=CC(=O)Nc1cccc(NC(=O)c2cccc(-n3nc4c([n+]3[O-])CCc3c-4no[n+]3[O-])c2)c1. The Balaban J connectivity index is 1.42. The summed E-state index contributed by atoms with van der Waals surface area (Å²) in [7, 11) is 0.